The van der Waals surface area contributed by atoms with E-state index in [-0.39, 0.29) is 45.9 Å². The van der Waals surface area contributed by atoms with Crippen LogP contribution in [0.3, 0.4) is 0 Å². The lowest BCUT2D eigenvalue weighted by Gasteiger charge is -2.34. The second-order valence-corrected chi connectivity index (χ2v) is 14.1. The lowest BCUT2D eigenvalue weighted by molar-refractivity contribution is -0.308. The molecular formula is C40H77N2O8-. The lowest BCUT2D eigenvalue weighted by atomic mass is 9.77. The Bertz CT molecular complexity index is 787. The van der Waals surface area contributed by atoms with Crippen molar-refractivity contribution >= 4 is 11.9 Å². The van der Waals surface area contributed by atoms with Crippen molar-refractivity contribution in [2.45, 2.75) is 155 Å². The molecule has 0 heterocycles. The first-order valence-corrected chi connectivity index (χ1v) is 20.3. The summed E-state index contributed by atoms with van der Waals surface area (Å²) in [6.07, 6.45) is 30.0. The van der Waals surface area contributed by atoms with Gasteiger partial charge in [0.25, 0.3) is 0 Å². The van der Waals surface area contributed by atoms with Gasteiger partial charge in [-0.25, -0.2) is 0 Å². The maximum absolute atomic E-state index is 13.5. The molecule has 1 unspecified atom stereocenters. The Kier molecular flexibility index (Phi) is 34.7. The number of aliphatic hydroxyl groups excluding tert-OH is 4. The average Bonchev–Trinajstić information content (AvgIpc) is 3.09. The van der Waals surface area contributed by atoms with Crippen LogP contribution in [0.25, 0.3) is 0 Å². The third kappa shape index (κ3) is 28.1. The molecule has 0 aromatic heterocycles. The summed E-state index contributed by atoms with van der Waals surface area (Å²) in [6.45, 7) is 3.66. The Hall–Kier alpha value is -1.56. The molecule has 4 N–H and O–H groups in total. The van der Waals surface area contributed by atoms with Gasteiger partial charge in [0.15, 0.2) is 0 Å². The van der Waals surface area contributed by atoms with E-state index in [0.29, 0.717) is 39.3 Å². The monoisotopic (exact) mass is 714 g/mol. The molecule has 0 fully saturated rings. The number of unbranched alkanes of at least 4 members (excludes halogenated alkanes) is 19. The molecule has 0 amide bonds. The van der Waals surface area contributed by atoms with Crippen LogP contribution in [0, 0.1) is 5.41 Å². The predicted octanol–water partition coefficient (Wildman–Crippen LogP) is 5.39. The molecule has 0 rings (SSSR count). The van der Waals surface area contributed by atoms with Crippen molar-refractivity contribution in [3.05, 3.63) is 12.2 Å². The van der Waals surface area contributed by atoms with Gasteiger partial charge in [-0.2, -0.15) is 0 Å². The van der Waals surface area contributed by atoms with Gasteiger partial charge < -0.3 is 35.1 Å². The van der Waals surface area contributed by atoms with Gasteiger partial charge >= 0.3 is 5.97 Å². The van der Waals surface area contributed by atoms with Crippen molar-refractivity contribution in [2.75, 3.05) is 72.3 Å². The number of rotatable bonds is 39. The second-order valence-electron chi connectivity index (χ2n) is 14.1. The normalized spacial score (nSPS) is 13.1. The molecule has 10 heteroatoms. The van der Waals surface area contributed by atoms with Gasteiger partial charge in [0.2, 0.25) is 0 Å². The Morgan fingerprint density at radius 2 is 0.980 bits per heavy atom. The molecule has 0 bridgehead atoms. The fourth-order valence-electron chi connectivity index (χ4n) is 6.59. The zero-order chi connectivity index (χ0) is 37.0. The van der Waals surface area contributed by atoms with Crippen molar-refractivity contribution in [1.29, 1.82) is 0 Å². The molecule has 0 saturated carbocycles. The van der Waals surface area contributed by atoms with E-state index in [4.69, 9.17) is 4.74 Å². The largest absolute Gasteiger partial charge is 0.550 e. The number of ether oxygens (including phenoxy) is 1. The third-order valence-electron chi connectivity index (χ3n) is 9.78. The SMILES string of the molecule is CCCCCCCCCCCCCCCCCCCCC/C=C/CC(CCN(CCO)CCO)(CC(=O)[O-])C(=O)OCCN(CCO)CCO. The van der Waals surface area contributed by atoms with Crippen LogP contribution < -0.4 is 5.11 Å². The molecule has 0 aliphatic rings. The number of carboxylic acid groups (broad SMARTS) is 1. The van der Waals surface area contributed by atoms with Gasteiger partial charge in [0.05, 0.1) is 31.8 Å². The molecule has 0 radical (unpaired) electrons. The summed E-state index contributed by atoms with van der Waals surface area (Å²) in [4.78, 5) is 28.9. The average molecular weight is 714 g/mol. The van der Waals surface area contributed by atoms with Gasteiger partial charge in [-0.15, -0.1) is 0 Å². The van der Waals surface area contributed by atoms with Gasteiger partial charge in [-0.3, -0.25) is 14.6 Å². The Labute approximate surface area is 305 Å². The number of allylic oxidation sites excluding steroid dienone is 2. The minimum atomic E-state index is -1.36. The Morgan fingerprint density at radius 1 is 0.580 bits per heavy atom. The number of hydrogen-bond acceptors (Lipinski definition) is 10. The zero-order valence-corrected chi connectivity index (χ0v) is 32.0. The quantitative estimate of drug-likeness (QED) is 0.0371. The van der Waals surface area contributed by atoms with E-state index in [2.05, 4.69) is 6.92 Å². The fraction of sp³-hybridized carbons (Fsp3) is 0.900. The van der Waals surface area contributed by atoms with Gasteiger partial charge in [-0.05, 0) is 32.2 Å². The highest BCUT2D eigenvalue weighted by Gasteiger charge is 2.39. The summed E-state index contributed by atoms with van der Waals surface area (Å²) in [6, 6.07) is 0. The number of esters is 1. The summed E-state index contributed by atoms with van der Waals surface area (Å²) in [5.41, 5.74) is -1.36. The van der Waals surface area contributed by atoms with E-state index in [0.717, 1.165) is 19.3 Å². The molecule has 10 nitrogen and oxygen atoms in total. The second kappa shape index (κ2) is 35.8. The smallest absolute Gasteiger partial charge is 0.312 e. The van der Waals surface area contributed by atoms with Crippen LogP contribution in [0.2, 0.25) is 0 Å². The van der Waals surface area contributed by atoms with Gasteiger partial charge in [-0.1, -0.05) is 135 Å². The fourth-order valence-corrected chi connectivity index (χ4v) is 6.59. The van der Waals surface area contributed by atoms with Crippen LogP contribution >= 0.6 is 0 Å². The zero-order valence-electron chi connectivity index (χ0n) is 32.0. The molecule has 0 aliphatic carbocycles. The van der Waals surface area contributed by atoms with Crippen LogP contribution in [-0.2, 0) is 14.3 Å². The van der Waals surface area contributed by atoms with Crippen LogP contribution in [0.1, 0.15) is 155 Å². The number of aliphatic carboxylic acids is 1. The lowest BCUT2D eigenvalue weighted by Crippen LogP contribution is -2.43. The van der Waals surface area contributed by atoms with E-state index < -0.39 is 23.8 Å². The van der Waals surface area contributed by atoms with Crippen molar-refractivity contribution in [2.24, 2.45) is 5.41 Å². The Morgan fingerprint density at radius 3 is 1.38 bits per heavy atom. The minimum Gasteiger partial charge on any atom is -0.550 e. The van der Waals surface area contributed by atoms with Crippen LogP contribution in [0.5, 0.6) is 0 Å². The van der Waals surface area contributed by atoms with Crippen molar-refractivity contribution in [3.8, 4) is 0 Å². The van der Waals surface area contributed by atoms with E-state index in [9.17, 15) is 35.1 Å². The van der Waals surface area contributed by atoms with Crippen molar-refractivity contribution in [3.63, 3.8) is 0 Å². The molecule has 1 atom stereocenters. The number of aliphatic hydroxyl groups is 4. The van der Waals surface area contributed by atoms with E-state index in [1.165, 1.54) is 109 Å². The first-order chi connectivity index (χ1) is 24.4. The molecule has 0 aromatic rings. The van der Waals surface area contributed by atoms with Crippen molar-refractivity contribution < 1.29 is 39.9 Å². The minimum absolute atomic E-state index is 0.00625. The van der Waals surface area contributed by atoms with Crippen LogP contribution in [-0.4, -0.2) is 114 Å². The summed E-state index contributed by atoms with van der Waals surface area (Å²) >= 11 is 0. The molecule has 0 aromatic carbocycles. The number of nitrogens with zero attached hydrogens (tertiary/aromatic N) is 2. The molecule has 296 valence electrons. The number of carbonyl (C=O) groups excluding carboxylic acids is 2. The summed E-state index contributed by atoms with van der Waals surface area (Å²) in [5.74, 6) is -1.97. The molecule has 50 heavy (non-hydrogen) atoms. The summed E-state index contributed by atoms with van der Waals surface area (Å²) < 4.78 is 5.60. The highest BCUT2D eigenvalue weighted by molar-refractivity contribution is 5.82. The van der Waals surface area contributed by atoms with Crippen LogP contribution in [0.4, 0.5) is 0 Å². The van der Waals surface area contributed by atoms with Gasteiger partial charge in [0, 0.05) is 45.1 Å². The number of carboxylic acids is 1. The van der Waals surface area contributed by atoms with Gasteiger partial charge in [0.1, 0.15) is 6.61 Å². The highest BCUT2D eigenvalue weighted by atomic mass is 16.5. The van der Waals surface area contributed by atoms with Crippen molar-refractivity contribution in [1.82, 2.24) is 9.80 Å². The first kappa shape index (κ1) is 48.4. The first-order valence-electron chi connectivity index (χ1n) is 20.3. The topological polar surface area (TPSA) is 154 Å². The highest BCUT2D eigenvalue weighted by Crippen LogP contribution is 2.34. The maximum Gasteiger partial charge on any atom is 0.312 e. The summed E-state index contributed by atoms with van der Waals surface area (Å²) in [5, 5.41) is 49.3. The van der Waals surface area contributed by atoms with E-state index >= 15 is 0 Å². The van der Waals surface area contributed by atoms with E-state index in [1.54, 1.807) is 9.80 Å². The molecule has 0 saturated heterocycles. The predicted molar refractivity (Wildman–Crippen MR) is 201 cm³/mol. The standard InChI is InChI=1S/C40H78N2O8/c1-2-3-4-5-6-7-8-9-10-11-12-13-14-15-16-17-18-19-20-21-22-23-24-40(37-38(47)48,25-26-41(27-32-43)28-33-44)39(49)50-36-31-42(29-34-45)30-35-46/h22-23,43-46H,2-21,24-37H2,1H3,(H,47,48)/p-1/b23-22+. The number of carbonyl (C=O) groups is 2. The number of hydrogen-bond donors (Lipinski definition) is 4. The molecule has 0 spiro atoms. The third-order valence-corrected chi connectivity index (χ3v) is 9.78. The molecular weight excluding hydrogens is 636 g/mol. The maximum atomic E-state index is 13.5. The van der Waals surface area contributed by atoms with Crippen LogP contribution in [0.15, 0.2) is 12.2 Å². The summed E-state index contributed by atoms with van der Waals surface area (Å²) in [7, 11) is 0. The molecule has 0 aliphatic heterocycles. The Balaban J connectivity index is 4.56. The van der Waals surface area contributed by atoms with E-state index in [1.807, 2.05) is 12.2 Å².